The van der Waals surface area contributed by atoms with Crippen molar-refractivity contribution in [3.63, 3.8) is 0 Å². The minimum absolute atomic E-state index is 0. The summed E-state index contributed by atoms with van der Waals surface area (Å²) >= 11 is -0.556. The zero-order valence-electron chi connectivity index (χ0n) is 12.8. The van der Waals surface area contributed by atoms with Crippen molar-refractivity contribution in [2.24, 2.45) is 5.92 Å². The van der Waals surface area contributed by atoms with E-state index in [9.17, 15) is 0 Å². The number of hydrogen-bond donors (Lipinski definition) is 0. The van der Waals surface area contributed by atoms with E-state index in [2.05, 4.69) is 45.3 Å². The molecule has 0 aromatic rings. The van der Waals surface area contributed by atoms with E-state index in [4.69, 9.17) is 18.6 Å². The quantitative estimate of drug-likeness (QED) is 0.416. The van der Waals surface area contributed by atoms with Crippen LogP contribution in [0.1, 0.15) is 13.3 Å². The first-order chi connectivity index (χ1) is 8.24. The molecule has 2 rings (SSSR count). The molecular weight excluding hydrogens is 343 g/mol. The molecule has 0 bridgehead atoms. The zero-order valence-corrected chi connectivity index (χ0v) is 17.9. The summed E-state index contributed by atoms with van der Waals surface area (Å²) in [4.78, 5) is 0. The van der Waals surface area contributed by atoms with Crippen LogP contribution in [0, 0.1) is 19.9 Å². The molecular formula is C14H26Cl2Si2Ti-2. The Balaban J connectivity index is 0.000000742. The van der Waals surface area contributed by atoms with E-state index in [0.717, 1.165) is 0 Å². The Kier molecular flexibility index (Phi) is 8.51. The monoisotopic (exact) mass is 368 g/mol. The van der Waals surface area contributed by atoms with Gasteiger partial charge in [-0.15, -0.1) is 5.20 Å². The van der Waals surface area contributed by atoms with E-state index in [1.54, 1.807) is 10.4 Å². The minimum atomic E-state index is -1.17. The maximum absolute atomic E-state index is 4.89. The first-order valence-electron chi connectivity index (χ1n) is 6.50. The fraction of sp³-hybridized carbons (Fsp3) is 0.571. The van der Waals surface area contributed by atoms with Gasteiger partial charge in [0.15, 0.2) is 0 Å². The zero-order chi connectivity index (χ0) is 14.0. The average Bonchev–Trinajstić information content (AvgIpc) is 2.58. The number of allylic oxidation sites excluding steroid dienone is 4. The van der Waals surface area contributed by atoms with Crippen molar-refractivity contribution in [3.8, 4) is 0 Å². The van der Waals surface area contributed by atoms with Gasteiger partial charge in [-0.2, -0.15) is 0 Å². The van der Waals surface area contributed by atoms with Gasteiger partial charge in [0.1, 0.15) is 0 Å². The SMILES string of the molecule is [CH2-][Si]1(C2=CC([Si](C)(C)C)=CC2C)CCC1.[CH3-].[Cl][Ti][Cl]. The van der Waals surface area contributed by atoms with Crippen LogP contribution in [0.15, 0.2) is 22.5 Å². The molecule has 1 fully saturated rings. The molecule has 2 aliphatic rings. The van der Waals surface area contributed by atoms with E-state index < -0.39 is 33.2 Å². The molecule has 1 unspecified atom stereocenters. The third kappa shape index (κ3) is 5.16. The maximum atomic E-state index is 4.89. The third-order valence-electron chi connectivity index (χ3n) is 4.02. The molecule has 1 atom stereocenters. The van der Waals surface area contributed by atoms with Crippen LogP contribution in [0.4, 0.5) is 0 Å². The molecule has 0 aromatic heterocycles. The predicted molar refractivity (Wildman–Crippen MR) is 92.1 cm³/mol. The third-order valence-corrected chi connectivity index (χ3v) is 10.5. The summed E-state index contributed by atoms with van der Waals surface area (Å²) in [5.41, 5.74) is 0. The van der Waals surface area contributed by atoms with Crippen LogP contribution in [0.3, 0.4) is 0 Å². The van der Waals surface area contributed by atoms with Gasteiger partial charge in [0.2, 0.25) is 0 Å². The molecule has 0 nitrogen and oxygen atoms in total. The van der Waals surface area contributed by atoms with Gasteiger partial charge in [-0.25, -0.2) is 0 Å². The molecule has 5 heteroatoms. The van der Waals surface area contributed by atoms with Gasteiger partial charge in [0.05, 0.1) is 8.07 Å². The Morgan fingerprint density at radius 1 is 1.32 bits per heavy atom. The molecule has 0 radical (unpaired) electrons. The Morgan fingerprint density at radius 2 is 1.79 bits per heavy atom. The van der Waals surface area contributed by atoms with E-state index in [1.165, 1.54) is 18.5 Å². The van der Waals surface area contributed by atoms with Gasteiger partial charge in [-0.1, -0.05) is 70.5 Å². The Morgan fingerprint density at radius 3 is 2.05 bits per heavy atom. The van der Waals surface area contributed by atoms with E-state index in [-0.39, 0.29) is 7.43 Å². The van der Waals surface area contributed by atoms with Crippen LogP contribution in [0.5, 0.6) is 0 Å². The van der Waals surface area contributed by atoms with Crippen molar-refractivity contribution < 1.29 is 17.0 Å². The van der Waals surface area contributed by atoms with Crippen LogP contribution in [-0.2, 0) is 17.0 Å². The standard InChI is InChI=1S/C13H23Si2.CH3.2ClH.Ti/c1-11-9-12(14(2,3)4)10-13(11)15(5)7-6-8-15;;;;/h9-11H,5-8H2,1-4H3;1H3;2*1H;/q2*-1;;;+2/p-2. The van der Waals surface area contributed by atoms with Crippen molar-refractivity contribution in [1.29, 1.82) is 0 Å². The summed E-state index contributed by atoms with van der Waals surface area (Å²) in [7, 11) is 7.52. The normalized spacial score (nSPS) is 24.1. The summed E-state index contributed by atoms with van der Waals surface area (Å²) in [6.45, 7) is 14.3. The molecule has 0 saturated carbocycles. The van der Waals surface area contributed by atoms with Crippen LogP contribution in [-0.4, -0.2) is 16.1 Å². The summed E-state index contributed by atoms with van der Waals surface area (Å²) < 4.78 is 0. The number of hydrogen-bond acceptors (Lipinski definition) is 0. The Bertz CT molecular complexity index is 355. The van der Waals surface area contributed by atoms with Gasteiger partial charge in [-0.3, -0.25) is 0 Å². The van der Waals surface area contributed by atoms with E-state index in [0.29, 0.717) is 5.92 Å². The van der Waals surface area contributed by atoms with Crippen molar-refractivity contribution in [2.75, 3.05) is 0 Å². The van der Waals surface area contributed by atoms with Gasteiger partial charge in [0.25, 0.3) is 0 Å². The second-order valence-corrected chi connectivity index (χ2v) is 18.3. The second-order valence-electron chi connectivity index (χ2n) is 6.47. The van der Waals surface area contributed by atoms with Crippen molar-refractivity contribution in [1.82, 2.24) is 0 Å². The fourth-order valence-corrected chi connectivity index (χ4v) is 7.48. The van der Waals surface area contributed by atoms with Crippen LogP contribution in [0.25, 0.3) is 0 Å². The van der Waals surface area contributed by atoms with Crippen molar-refractivity contribution in [2.45, 2.75) is 45.1 Å². The Hall–Kier alpha value is 1.21. The summed E-state index contributed by atoms with van der Waals surface area (Å²) in [6.07, 6.45) is 6.51. The van der Waals surface area contributed by atoms with Crippen molar-refractivity contribution >= 4 is 34.8 Å². The molecule has 1 saturated heterocycles. The first-order valence-corrected chi connectivity index (χ1v) is 16.9. The number of halogens is 2. The van der Waals surface area contributed by atoms with Gasteiger partial charge in [0, 0.05) is 0 Å². The molecule has 0 spiro atoms. The topological polar surface area (TPSA) is 0 Å². The molecule has 0 aromatic carbocycles. The number of rotatable bonds is 2. The van der Waals surface area contributed by atoms with Gasteiger partial charge >= 0.3 is 35.6 Å². The van der Waals surface area contributed by atoms with Crippen molar-refractivity contribution in [3.05, 3.63) is 36.5 Å². The fourth-order valence-electron chi connectivity index (χ4n) is 2.70. The van der Waals surface area contributed by atoms with Crippen LogP contribution >= 0.6 is 18.6 Å². The molecule has 1 heterocycles. The van der Waals surface area contributed by atoms with Gasteiger partial charge in [-0.05, 0) is 5.92 Å². The molecule has 0 amide bonds. The molecule has 110 valence electrons. The molecule has 19 heavy (non-hydrogen) atoms. The van der Waals surface area contributed by atoms with E-state index >= 15 is 0 Å². The van der Waals surface area contributed by atoms with Crippen LogP contribution < -0.4 is 0 Å². The molecule has 0 N–H and O–H groups in total. The van der Waals surface area contributed by atoms with Crippen LogP contribution in [0.2, 0.25) is 31.7 Å². The second kappa shape index (κ2) is 8.00. The van der Waals surface area contributed by atoms with E-state index in [1.807, 2.05) is 0 Å². The Labute approximate surface area is 138 Å². The average molecular weight is 369 g/mol. The predicted octanol–water partition coefficient (Wildman–Crippen LogP) is 5.96. The summed E-state index contributed by atoms with van der Waals surface area (Å²) in [5.74, 6) is 0.705. The first kappa shape index (κ1) is 20.2. The molecule has 1 aliphatic heterocycles. The summed E-state index contributed by atoms with van der Waals surface area (Å²) in [6, 6.07) is 2.88. The molecule has 1 aliphatic carbocycles. The summed E-state index contributed by atoms with van der Waals surface area (Å²) in [5, 5.41) is 3.43. The van der Waals surface area contributed by atoms with Gasteiger partial charge < -0.3 is 14.0 Å².